The minimum absolute atomic E-state index is 0.791. The van der Waals surface area contributed by atoms with Crippen LogP contribution in [0, 0.1) is 0 Å². The Hall–Kier alpha value is -1.30. The van der Waals surface area contributed by atoms with Crippen molar-refractivity contribution >= 4 is 29.0 Å². The quantitative estimate of drug-likeness (QED) is 0.511. The molecule has 1 aromatic rings. The minimum Gasteiger partial charge on any atom is -0.0991 e. The Bertz CT molecular complexity index is 552. The second-order valence-electron chi connectivity index (χ2n) is 7.24. The van der Waals surface area contributed by atoms with Crippen molar-refractivity contribution in [2.45, 2.75) is 50.8 Å². The molecule has 0 N–H and O–H groups in total. The molecular formula is C20H30B4. The van der Waals surface area contributed by atoms with E-state index in [2.05, 4.69) is 57.7 Å². The van der Waals surface area contributed by atoms with Gasteiger partial charge in [-0.2, -0.15) is 0 Å². The van der Waals surface area contributed by atoms with Crippen LogP contribution in [0.2, 0.25) is 5.82 Å². The van der Waals surface area contributed by atoms with E-state index in [-0.39, 0.29) is 0 Å². The summed E-state index contributed by atoms with van der Waals surface area (Å²) in [6, 6.07) is 9.39. The van der Waals surface area contributed by atoms with E-state index in [0.29, 0.717) is 0 Å². The molecule has 122 valence electrons. The van der Waals surface area contributed by atoms with Crippen LogP contribution in [0.4, 0.5) is 0 Å². The van der Waals surface area contributed by atoms with Crippen LogP contribution < -0.4 is 0 Å². The molecule has 0 radical (unpaired) electrons. The fourth-order valence-corrected chi connectivity index (χ4v) is 3.87. The van der Waals surface area contributed by atoms with E-state index in [1.807, 2.05) is 12.2 Å². The molecule has 0 atom stereocenters. The van der Waals surface area contributed by atoms with E-state index >= 15 is 0 Å². The smallest absolute Gasteiger partial charge is 0.0815 e. The molecule has 1 fully saturated rings. The lowest BCUT2D eigenvalue weighted by molar-refractivity contribution is 0.443. The second kappa shape index (κ2) is 10.5. The van der Waals surface area contributed by atoms with E-state index in [4.69, 9.17) is 0 Å². The first-order chi connectivity index (χ1) is 11.8. The fraction of sp³-hybridized carbons (Fsp3) is 0.400. The van der Waals surface area contributed by atoms with Crippen molar-refractivity contribution in [3.05, 3.63) is 71.8 Å². The molecule has 1 aromatic carbocycles. The van der Waals surface area contributed by atoms with Gasteiger partial charge in [0.05, 0.1) is 14.9 Å². The first-order valence-electron chi connectivity index (χ1n) is 9.80. The van der Waals surface area contributed by atoms with Gasteiger partial charge in [-0.15, -0.1) is 0 Å². The van der Waals surface area contributed by atoms with Gasteiger partial charge in [0, 0.05) is 14.1 Å². The minimum atomic E-state index is 0.791. The van der Waals surface area contributed by atoms with Gasteiger partial charge >= 0.3 is 0 Å². The fourth-order valence-electron chi connectivity index (χ4n) is 3.87. The molecular weight excluding hydrogens is 283 g/mol. The lowest BCUT2D eigenvalue weighted by Gasteiger charge is -2.28. The van der Waals surface area contributed by atoms with Crippen molar-refractivity contribution in [1.29, 1.82) is 0 Å². The molecule has 0 heterocycles. The van der Waals surface area contributed by atoms with Gasteiger partial charge in [0.2, 0.25) is 0 Å². The zero-order valence-corrected chi connectivity index (χ0v) is 15.6. The largest absolute Gasteiger partial charge is 0.0991 e. The maximum absolute atomic E-state index is 3.74. The van der Waals surface area contributed by atoms with E-state index in [0.717, 1.165) is 18.2 Å². The highest BCUT2D eigenvalue weighted by Crippen LogP contribution is 2.38. The van der Waals surface area contributed by atoms with E-state index in [1.54, 1.807) is 5.56 Å². The number of benzene rings is 1. The molecule has 0 bridgehead atoms. The van der Waals surface area contributed by atoms with Gasteiger partial charge in [0.15, 0.2) is 0 Å². The van der Waals surface area contributed by atoms with E-state index < -0.39 is 0 Å². The number of hydrogen-bond acceptors (Lipinski definition) is 0. The molecule has 2 rings (SSSR count). The molecule has 1 aliphatic rings. The van der Waals surface area contributed by atoms with Crippen LogP contribution in [0.25, 0.3) is 0 Å². The molecule has 0 aliphatic heterocycles. The van der Waals surface area contributed by atoms with Gasteiger partial charge in [0.25, 0.3) is 0 Å². The summed E-state index contributed by atoms with van der Waals surface area (Å²) in [7, 11) is 6.52. The van der Waals surface area contributed by atoms with Crippen molar-refractivity contribution in [2.75, 3.05) is 0 Å². The van der Waals surface area contributed by atoms with Crippen LogP contribution in [0.15, 0.2) is 60.7 Å². The Morgan fingerprint density at radius 2 is 1.92 bits per heavy atom. The van der Waals surface area contributed by atoms with Crippen molar-refractivity contribution in [3.63, 3.8) is 0 Å². The van der Waals surface area contributed by atoms with Crippen molar-refractivity contribution < 1.29 is 0 Å². The van der Waals surface area contributed by atoms with E-state index in [9.17, 15) is 0 Å². The van der Waals surface area contributed by atoms with Crippen LogP contribution >= 0.6 is 0 Å². The monoisotopic (exact) mass is 314 g/mol. The third kappa shape index (κ3) is 5.96. The van der Waals surface area contributed by atoms with Crippen LogP contribution in [0.5, 0.6) is 0 Å². The second-order valence-corrected chi connectivity index (χ2v) is 7.24. The number of rotatable bonds is 8. The van der Waals surface area contributed by atoms with Gasteiger partial charge in [-0.3, -0.25) is 0 Å². The van der Waals surface area contributed by atoms with Gasteiger partial charge in [-0.25, -0.2) is 0 Å². The molecule has 0 aromatic heterocycles. The number of allylic oxidation sites excluding steroid dienone is 5. The van der Waals surface area contributed by atoms with Crippen LogP contribution in [0.3, 0.4) is 0 Å². The van der Waals surface area contributed by atoms with Gasteiger partial charge in [0.1, 0.15) is 0 Å². The maximum atomic E-state index is 3.74. The highest BCUT2D eigenvalue weighted by molar-refractivity contribution is 7.41. The first kappa shape index (κ1) is 19.0. The third-order valence-corrected chi connectivity index (χ3v) is 5.49. The normalized spacial score (nSPS) is 21.5. The van der Waals surface area contributed by atoms with Crippen LogP contribution in [0.1, 0.15) is 49.7 Å². The zero-order chi connectivity index (χ0) is 17.2. The van der Waals surface area contributed by atoms with Gasteiger partial charge in [-0.1, -0.05) is 73.8 Å². The first-order valence-corrected chi connectivity index (χ1v) is 9.80. The van der Waals surface area contributed by atoms with Gasteiger partial charge < -0.3 is 0 Å². The molecule has 4 heteroatoms. The maximum Gasteiger partial charge on any atom is 0.0815 e. The molecule has 0 nitrogen and oxygen atoms in total. The Morgan fingerprint density at radius 3 is 2.50 bits per heavy atom. The van der Waals surface area contributed by atoms with Gasteiger partial charge in [-0.05, 0) is 48.8 Å². The molecule has 1 aliphatic carbocycles. The van der Waals surface area contributed by atoms with Crippen molar-refractivity contribution in [1.82, 2.24) is 0 Å². The summed E-state index contributed by atoms with van der Waals surface area (Å²) in [5.74, 6) is 1.79. The summed E-state index contributed by atoms with van der Waals surface area (Å²) in [4.78, 5) is 0. The highest BCUT2D eigenvalue weighted by Gasteiger charge is 2.22. The van der Waals surface area contributed by atoms with Crippen LogP contribution in [-0.4, -0.2) is 29.0 Å². The van der Waals surface area contributed by atoms with E-state index in [1.165, 1.54) is 58.1 Å². The molecule has 24 heavy (non-hydrogen) atoms. The lowest BCUT2D eigenvalue weighted by atomic mass is 9.11. The Labute approximate surface area is 152 Å². The molecule has 0 amide bonds. The third-order valence-electron chi connectivity index (χ3n) is 5.49. The summed E-state index contributed by atoms with van der Waals surface area (Å²) in [5.41, 5.74) is 4.30. The summed E-state index contributed by atoms with van der Waals surface area (Å²) in [6.07, 6.45) is 14.8. The topological polar surface area (TPSA) is 0 Å². The Balaban J connectivity index is 1.88. The van der Waals surface area contributed by atoms with Crippen molar-refractivity contribution in [2.24, 2.45) is 0 Å². The van der Waals surface area contributed by atoms with Crippen molar-refractivity contribution in [3.8, 4) is 0 Å². The summed E-state index contributed by atoms with van der Waals surface area (Å²) in [5, 5.41) is 0. The highest BCUT2D eigenvalue weighted by atomic mass is 14.2. The molecule has 1 saturated carbocycles. The predicted molar refractivity (Wildman–Crippen MR) is 118 cm³/mol. The lowest BCUT2D eigenvalue weighted by Crippen LogP contribution is -2.21. The standard InChI is InChI=1S/C20H30B4/c1-3-5-6-16(4-2)15-17-7-9-18(10-8-17)19-11-13-20(14-12-19)22-24-23-21/h3-10,19-20,22-24H,1,11-15,21H2,2H3/b6-5-,16-4+. The zero-order valence-electron chi connectivity index (χ0n) is 15.6. The average molecular weight is 314 g/mol. The SMILES string of the molecule is BBBBC1CCC(c2ccc(CC(/C=C\C=C)=C/C)cc2)CC1. The Kier molecular flexibility index (Phi) is 8.36. The predicted octanol–water partition coefficient (Wildman–Crippen LogP) is 3.05. The summed E-state index contributed by atoms with van der Waals surface area (Å²) >= 11 is 0. The summed E-state index contributed by atoms with van der Waals surface area (Å²) in [6.45, 7) is 5.85. The number of hydrogen-bond donors (Lipinski definition) is 0. The molecule has 0 saturated heterocycles. The summed E-state index contributed by atoms with van der Waals surface area (Å²) < 4.78 is 0. The average Bonchev–Trinajstić information content (AvgIpc) is 2.64. The molecule has 0 spiro atoms. The van der Waals surface area contributed by atoms with Crippen LogP contribution in [-0.2, 0) is 6.42 Å². The molecule has 0 unspecified atom stereocenters. The Morgan fingerprint density at radius 1 is 1.21 bits per heavy atom.